The third kappa shape index (κ3) is 5.49. The number of carbonyl (C=O) groups excluding carboxylic acids is 3. The molecule has 2 N–H and O–H groups in total. The first kappa shape index (κ1) is 23.6. The molecule has 1 aliphatic heterocycles. The number of furan rings is 1. The molecule has 1 unspecified atom stereocenters. The van der Waals surface area contributed by atoms with Crippen LogP contribution in [0.15, 0.2) is 74.1 Å². The number of esters is 2. The predicted octanol–water partition coefficient (Wildman–Crippen LogP) is 4.06. The van der Waals surface area contributed by atoms with Crippen molar-refractivity contribution in [3.63, 3.8) is 0 Å². The van der Waals surface area contributed by atoms with Gasteiger partial charge < -0.3 is 24.5 Å². The highest BCUT2D eigenvalue weighted by molar-refractivity contribution is 7.98. The summed E-state index contributed by atoms with van der Waals surface area (Å²) >= 11 is 2.98. The molecule has 2 aromatic heterocycles. The molecule has 0 radical (unpaired) electrons. The summed E-state index contributed by atoms with van der Waals surface area (Å²) in [5, 5.41) is 7.16. The van der Waals surface area contributed by atoms with Crippen LogP contribution in [0.2, 0.25) is 0 Å². The average molecular weight is 500 g/mol. The molecule has 0 saturated carbocycles. The molecule has 34 heavy (non-hydrogen) atoms. The van der Waals surface area contributed by atoms with Crippen LogP contribution >= 0.6 is 23.1 Å². The lowest BCUT2D eigenvalue weighted by atomic mass is 10.0. The van der Waals surface area contributed by atoms with Crippen LogP contribution in [0.4, 0.5) is 4.79 Å². The summed E-state index contributed by atoms with van der Waals surface area (Å²) in [5.74, 6) is -0.273. The first-order valence-electron chi connectivity index (χ1n) is 10.3. The topological polar surface area (TPSA) is 120 Å². The maximum atomic E-state index is 12.9. The van der Waals surface area contributed by atoms with Crippen molar-refractivity contribution in [2.45, 2.75) is 23.6 Å². The second kappa shape index (κ2) is 11.0. The average Bonchev–Trinajstić information content (AvgIpc) is 3.55. The van der Waals surface area contributed by atoms with Gasteiger partial charge >= 0.3 is 18.0 Å². The van der Waals surface area contributed by atoms with E-state index < -0.39 is 24.0 Å². The van der Waals surface area contributed by atoms with E-state index in [0.717, 1.165) is 10.6 Å². The molecule has 3 heterocycles. The van der Waals surface area contributed by atoms with Crippen LogP contribution in [0.25, 0.3) is 0 Å². The van der Waals surface area contributed by atoms with Crippen LogP contribution < -0.4 is 10.6 Å². The summed E-state index contributed by atoms with van der Waals surface area (Å²) in [6, 6.07) is 8.92. The first-order chi connectivity index (χ1) is 16.6. The summed E-state index contributed by atoms with van der Waals surface area (Å²) < 4.78 is 16.1. The fourth-order valence-electron chi connectivity index (χ4n) is 3.29. The van der Waals surface area contributed by atoms with E-state index in [2.05, 4.69) is 15.6 Å². The Kier molecular flexibility index (Phi) is 7.65. The number of ether oxygens (including phenoxy) is 2. The Bertz CT molecular complexity index is 1190. The Morgan fingerprint density at radius 3 is 2.76 bits per heavy atom. The Morgan fingerprint density at radius 1 is 1.18 bits per heavy atom. The van der Waals surface area contributed by atoms with Gasteiger partial charge in [-0.2, -0.15) is 0 Å². The second-order valence-electron chi connectivity index (χ2n) is 7.00. The van der Waals surface area contributed by atoms with Crippen molar-refractivity contribution in [1.29, 1.82) is 0 Å². The summed E-state index contributed by atoms with van der Waals surface area (Å²) in [6.45, 7) is 1.48. The lowest BCUT2D eigenvalue weighted by molar-refractivity contribution is -0.139. The van der Waals surface area contributed by atoms with E-state index >= 15 is 0 Å². The van der Waals surface area contributed by atoms with Gasteiger partial charge in [0.25, 0.3) is 0 Å². The van der Waals surface area contributed by atoms with E-state index in [0.29, 0.717) is 17.1 Å². The summed E-state index contributed by atoms with van der Waals surface area (Å²) in [7, 11) is 0. The van der Waals surface area contributed by atoms with Gasteiger partial charge in [0, 0.05) is 16.0 Å². The number of thioether (sulfide) groups is 1. The molecule has 2 amide bonds. The Hall–Kier alpha value is -3.57. The Balaban J connectivity index is 1.54. The van der Waals surface area contributed by atoms with Crippen LogP contribution in [0.1, 0.15) is 34.8 Å². The van der Waals surface area contributed by atoms with Gasteiger partial charge in [0.2, 0.25) is 0 Å². The van der Waals surface area contributed by atoms with E-state index in [9.17, 15) is 14.4 Å². The zero-order valence-electron chi connectivity index (χ0n) is 18.1. The van der Waals surface area contributed by atoms with Gasteiger partial charge in [0.1, 0.15) is 18.4 Å². The van der Waals surface area contributed by atoms with Crippen LogP contribution in [0, 0.1) is 0 Å². The minimum absolute atomic E-state index is 0.107. The quantitative estimate of drug-likeness (QED) is 0.334. The SMILES string of the molecule is CCOC(=O)C1=C(COC(=O)c2ccccc2SCc2cscn2)NC(=O)NC1c1ccco1. The van der Waals surface area contributed by atoms with Crippen LogP contribution in [-0.4, -0.2) is 36.2 Å². The van der Waals surface area contributed by atoms with Crippen molar-refractivity contribution in [3.8, 4) is 0 Å². The monoisotopic (exact) mass is 499 g/mol. The number of hydrogen-bond donors (Lipinski definition) is 2. The van der Waals surface area contributed by atoms with Gasteiger partial charge in [0.15, 0.2) is 0 Å². The number of rotatable bonds is 9. The zero-order valence-corrected chi connectivity index (χ0v) is 19.7. The van der Waals surface area contributed by atoms with Gasteiger partial charge in [-0.3, -0.25) is 0 Å². The standard InChI is InChI=1S/C23H21N3O6S2/c1-2-30-22(28)19-16(25-23(29)26-20(19)17-7-5-9-31-17)10-32-21(27)15-6-3-4-8-18(15)34-12-14-11-33-13-24-14/h3-9,11,13,20H,2,10,12H2,1H3,(H2,25,26,29). The van der Waals surface area contributed by atoms with Crippen molar-refractivity contribution >= 4 is 41.1 Å². The molecular weight excluding hydrogens is 478 g/mol. The number of urea groups is 1. The highest BCUT2D eigenvalue weighted by Crippen LogP contribution is 2.29. The molecule has 3 aromatic rings. The van der Waals surface area contributed by atoms with Crippen molar-refractivity contribution in [2.24, 2.45) is 0 Å². The highest BCUT2D eigenvalue weighted by Gasteiger charge is 2.35. The maximum Gasteiger partial charge on any atom is 0.339 e. The van der Waals surface area contributed by atoms with Crippen LogP contribution in [0.3, 0.4) is 0 Å². The van der Waals surface area contributed by atoms with Crippen molar-refractivity contribution in [1.82, 2.24) is 15.6 Å². The molecule has 0 spiro atoms. The molecule has 9 nitrogen and oxygen atoms in total. The van der Waals surface area contributed by atoms with Crippen molar-refractivity contribution < 1.29 is 28.3 Å². The molecule has 0 saturated heterocycles. The number of amides is 2. The molecule has 11 heteroatoms. The maximum absolute atomic E-state index is 12.9. The molecule has 1 atom stereocenters. The smallest absolute Gasteiger partial charge is 0.339 e. The molecular formula is C23H21N3O6S2. The fraction of sp³-hybridized carbons (Fsp3) is 0.217. The van der Waals surface area contributed by atoms with Crippen LogP contribution in [0.5, 0.6) is 0 Å². The number of hydrogen-bond acceptors (Lipinski definition) is 9. The largest absolute Gasteiger partial charge is 0.467 e. The lowest BCUT2D eigenvalue weighted by Crippen LogP contribution is -2.47. The fourth-order valence-corrected chi connectivity index (χ4v) is 4.89. The van der Waals surface area contributed by atoms with Crippen molar-refractivity contribution in [2.75, 3.05) is 13.2 Å². The molecule has 0 bridgehead atoms. The third-order valence-corrected chi connectivity index (χ3v) is 6.53. The first-order valence-corrected chi connectivity index (χ1v) is 12.3. The van der Waals surface area contributed by atoms with Gasteiger partial charge in [-0.05, 0) is 31.2 Å². The van der Waals surface area contributed by atoms with E-state index in [1.807, 2.05) is 17.5 Å². The minimum atomic E-state index is -0.877. The Labute approximate surface area is 203 Å². The Morgan fingerprint density at radius 2 is 2.03 bits per heavy atom. The van der Waals surface area contributed by atoms with E-state index in [4.69, 9.17) is 13.9 Å². The van der Waals surface area contributed by atoms with Gasteiger partial charge in [-0.1, -0.05) is 12.1 Å². The summed E-state index contributed by atoms with van der Waals surface area (Å²) in [5.41, 5.74) is 3.29. The van der Waals surface area contributed by atoms with E-state index in [1.54, 1.807) is 36.7 Å². The number of thiazole rings is 1. The number of nitrogens with zero attached hydrogens (tertiary/aromatic N) is 1. The van der Waals surface area contributed by atoms with E-state index in [-0.39, 0.29) is 24.5 Å². The number of aromatic nitrogens is 1. The summed E-state index contributed by atoms with van der Waals surface area (Å²) in [4.78, 5) is 42.9. The molecule has 1 aliphatic rings. The van der Waals surface area contributed by atoms with Gasteiger partial charge in [-0.25, -0.2) is 19.4 Å². The number of carbonyl (C=O) groups is 3. The highest BCUT2D eigenvalue weighted by atomic mass is 32.2. The normalized spacial score (nSPS) is 15.4. The summed E-state index contributed by atoms with van der Waals surface area (Å²) in [6.07, 6.45) is 1.44. The molecule has 1 aromatic carbocycles. The molecule has 0 aliphatic carbocycles. The van der Waals surface area contributed by atoms with Crippen LogP contribution in [-0.2, 0) is 20.0 Å². The minimum Gasteiger partial charge on any atom is -0.467 e. The molecule has 4 rings (SSSR count). The second-order valence-corrected chi connectivity index (χ2v) is 8.74. The lowest BCUT2D eigenvalue weighted by Gasteiger charge is -2.27. The zero-order chi connectivity index (χ0) is 23.9. The number of nitrogens with one attached hydrogen (secondary N) is 2. The predicted molar refractivity (Wildman–Crippen MR) is 125 cm³/mol. The van der Waals surface area contributed by atoms with Gasteiger partial charge in [0.05, 0.1) is 40.9 Å². The van der Waals surface area contributed by atoms with E-state index in [1.165, 1.54) is 29.4 Å². The third-order valence-electron chi connectivity index (χ3n) is 4.79. The van der Waals surface area contributed by atoms with Gasteiger partial charge in [-0.15, -0.1) is 23.1 Å². The number of benzene rings is 1. The molecule has 0 fully saturated rings. The molecule has 176 valence electrons. The van der Waals surface area contributed by atoms with Crippen molar-refractivity contribution in [3.05, 3.63) is 81.8 Å².